The number of carboxylic acids is 1. The third kappa shape index (κ3) is 5.06. The van der Waals surface area contributed by atoms with Gasteiger partial charge in [-0.2, -0.15) is 18.4 Å². The van der Waals surface area contributed by atoms with Crippen LogP contribution in [0, 0.1) is 11.3 Å². The number of H-pyrrole nitrogens is 1. The van der Waals surface area contributed by atoms with Gasteiger partial charge < -0.3 is 25.7 Å². The second-order valence-corrected chi connectivity index (χ2v) is 4.67. The van der Waals surface area contributed by atoms with Crippen molar-refractivity contribution < 1.29 is 33.0 Å². The van der Waals surface area contributed by atoms with Gasteiger partial charge in [0.1, 0.15) is 23.1 Å². The van der Waals surface area contributed by atoms with E-state index in [1.165, 1.54) is 0 Å². The van der Waals surface area contributed by atoms with Crippen molar-refractivity contribution >= 4 is 11.8 Å². The third-order valence-corrected chi connectivity index (χ3v) is 2.96. The van der Waals surface area contributed by atoms with E-state index in [0.29, 0.717) is 28.3 Å². The summed E-state index contributed by atoms with van der Waals surface area (Å²) >= 11 is 0. The highest BCUT2D eigenvalue weighted by Gasteiger charge is 2.38. The maximum Gasteiger partial charge on any atom is 0.490 e. The van der Waals surface area contributed by atoms with Gasteiger partial charge in [-0.1, -0.05) is 0 Å². The van der Waals surface area contributed by atoms with Crippen molar-refractivity contribution in [3.63, 3.8) is 0 Å². The average molecular weight is 383 g/mol. The number of hydrogen-bond donors (Lipinski definition) is 3. The molecule has 3 heterocycles. The van der Waals surface area contributed by atoms with Crippen LogP contribution in [0.5, 0.6) is 0 Å². The summed E-state index contributed by atoms with van der Waals surface area (Å²) in [6.07, 6.45) is -0.359. The van der Waals surface area contributed by atoms with E-state index in [1.54, 1.807) is 37.0 Å². The first-order chi connectivity index (χ1) is 12.2. The maximum absolute atomic E-state index is 10.6. The van der Waals surface area contributed by atoms with Crippen LogP contribution in [0.2, 0.25) is 0 Å². The molecule has 142 valence electrons. The zero-order valence-electron chi connectivity index (χ0n) is 13.3. The van der Waals surface area contributed by atoms with E-state index in [9.17, 15) is 18.4 Å². The molecule has 3 aromatic rings. The van der Waals surface area contributed by atoms with Gasteiger partial charge in [0.2, 0.25) is 0 Å². The fraction of sp³-hybridized carbons (Fsp3) is 0.0667. The monoisotopic (exact) mass is 383 g/mol. The lowest BCUT2D eigenvalue weighted by Crippen LogP contribution is -2.21. The highest BCUT2D eigenvalue weighted by atomic mass is 19.4. The Hall–Kier alpha value is -3.85. The molecule has 0 aliphatic heterocycles. The molecule has 0 radical (unpaired) electrons. The predicted octanol–water partition coefficient (Wildman–Crippen LogP) is 1.99. The Morgan fingerprint density at radius 1 is 1.41 bits per heavy atom. The standard InChI is InChI=1S/C13H9N5O.C2HF3O2.H2O/c14-5-9-8(11-6-16-7-17-11)4-10(18-13(9)15)12-2-1-3-19-12;3-2(4,5)1(6)7;/h1-4,6-7H,(H2,15,18)(H,16,17);(H,6,7);1H2. The summed E-state index contributed by atoms with van der Waals surface area (Å²) in [6.45, 7) is 0. The van der Waals surface area contributed by atoms with Crippen molar-refractivity contribution in [1.82, 2.24) is 15.0 Å². The molecule has 0 atom stereocenters. The summed E-state index contributed by atoms with van der Waals surface area (Å²) in [5, 5.41) is 16.3. The molecular formula is C15H12F3N5O4. The maximum atomic E-state index is 10.6. The third-order valence-electron chi connectivity index (χ3n) is 2.96. The van der Waals surface area contributed by atoms with Gasteiger partial charge in [-0.25, -0.2) is 14.8 Å². The molecule has 0 bridgehead atoms. The number of aromatic amines is 1. The van der Waals surface area contributed by atoms with E-state index in [-0.39, 0.29) is 11.3 Å². The van der Waals surface area contributed by atoms with Crippen LogP contribution in [0.1, 0.15) is 5.56 Å². The summed E-state index contributed by atoms with van der Waals surface area (Å²) in [7, 11) is 0. The van der Waals surface area contributed by atoms with Crippen LogP contribution in [0.4, 0.5) is 19.0 Å². The molecule has 27 heavy (non-hydrogen) atoms. The van der Waals surface area contributed by atoms with Crippen molar-refractivity contribution in [3.05, 3.63) is 42.5 Å². The van der Waals surface area contributed by atoms with Crippen LogP contribution < -0.4 is 5.73 Å². The van der Waals surface area contributed by atoms with E-state index < -0.39 is 12.1 Å². The number of nitrogens with two attached hydrogens (primary N) is 1. The van der Waals surface area contributed by atoms with E-state index in [4.69, 9.17) is 20.1 Å². The number of aliphatic carboxylic acids is 1. The predicted molar refractivity (Wildman–Crippen MR) is 86.0 cm³/mol. The van der Waals surface area contributed by atoms with Gasteiger partial charge in [0, 0.05) is 5.56 Å². The van der Waals surface area contributed by atoms with Crippen LogP contribution in [-0.2, 0) is 4.79 Å². The Bertz CT molecular complexity index is 932. The fourth-order valence-electron chi connectivity index (χ4n) is 1.85. The fourth-order valence-corrected chi connectivity index (χ4v) is 1.85. The number of anilines is 1. The van der Waals surface area contributed by atoms with E-state index >= 15 is 0 Å². The van der Waals surface area contributed by atoms with Gasteiger partial charge in [0.05, 0.1) is 24.5 Å². The number of nitrogen functional groups attached to an aromatic ring is 1. The topological polar surface area (TPSA) is 173 Å². The smallest absolute Gasteiger partial charge is 0.475 e. The molecule has 0 aromatic carbocycles. The van der Waals surface area contributed by atoms with E-state index in [2.05, 4.69) is 21.0 Å². The minimum Gasteiger partial charge on any atom is -0.475 e. The largest absolute Gasteiger partial charge is 0.490 e. The number of nitrogens with one attached hydrogen (secondary N) is 1. The number of alkyl halides is 3. The van der Waals surface area contributed by atoms with Crippen molar-refractivity contribution in [2.75, 3.05) is 5.73 Å². The number of pyridine rings is 1. The second kappa shape index (κ2) is 8.50. The molecule has 0 fully saturated rings. The zero-order chi connectivity index (χ0) is 19.3. The summed E-state index contributed by atoms with van der Waals surface area (Å²) in [4.78, 5) is 20.0. The number of halogens is 3. The molecule has 0 unspecified atom stereocenters. The Morgan fingerprint density at radius 3 is 2.52 bits per heavy atom. The van der Waals surface area contributed by atoms with E-state index in [0.717, 1.165) is 0 Å². The number of nitrogens with zero attached hydrogens (tertiary/aromatic N) is 3. The summed E-state index contributed by atoms with van der Waals surface area (Å²) in [6, 6.07) is 7.36. The molecule has 0 spiro atoms. The number of furan rings is 1. The van der Waals surface area contributed by atoms with Crippen LogP contribution >= 0.6 is 0 Å². The number of imidazole rings is 1. The van der Waals surface area contributed by atoms with Gasteiger partial charge in [0.15, 0.2) is 5.76 Å². The average Bonchev–Trinajstić information content (AvgIpc) is 3.27. The normalized spacial score (nSPS) is 10.1. The molecule has 0 aliphatic rings. The number of carboxylic acid groups (broad SMARTS) is 1. The summed E-state index contributed by atoms with van der Waals surface area (Å²) in [5.41, 5.74) is 8.09. The van der Waals surface area contributed by atoms with Crippen LogP contribution in [0.3, 0.4) is 0 Å². The SMILES string of the molecule is N#Cc1c(-c2cnc[nH]2)cc(-c2ccco2)nc1N.O.O=C(O)C(F)(F)F. The molecule has 3 aromatic heterocycles. The minimum atomic E-state index is -5.08. The molecule has 0 aliphatic carbocycles. The number of nitriles is 1. The first-order valence-corrected chi connectivity index (χ1v) is 6.77. The molecule has 0 saturated heterocycles. The minimum absolute atomic E-state index is 0. The van der Waals surface area contributed by atoms with Crippen molar-refractivity contribution in [1.29, 1.82) is 5.26 Å². The Kier molecular flexibility index (Phi) is 6.67. The molecular weight excluding hydrogens is 371 g/mol. The van der Waals surface area contributed by atoms with Crippen LogP contribution in [0.25, 0.3) is 22.7 Å². The van der Waals surface area contributed by atoms with Crippen molar-refractivity contribution in [2.24, 2.45) is 0 Å². The van der Waals surface area contributed by atoms with Gasteiger partial charge in [-0.05, 0) is 18.2 Å². The first-order valence-electron chi connectivity index (χ1n) is 6.77. The lowest BCUT2D eigenvalue weighted by Gasteiger charge is -2.06. The van der Waals surface area contributed by atoms with Crippen molar-refractivity contribution in [3.8, 4) is 28.8 Å². The number of carbonyl (C=O) groups is 1. The van der Waals surface area contributed by atoms with Gasteiger partial charge in [-0.15, -0.1) is 0 Å². The highest BCUT2D eigenvalue weighted by Crippen LogP contribution is 2.29. The lowest BCUT2D eigenvalue weighted by molar-refractivity contribution is -0.192. The number of hydrogen-bond acceptors (Lipinski definition) is 6. The highest BCUT2D eigenvalue weighted by molar-refractivity contribution is 5.77. The molecule has 0 amide bonds. The summed E-state index contributed by atoms with van der Waals surface area (Å²) in [5.74, 6) is -1.99. The Balaban J connectivity index is 0.000000395. The molecule has 12 heteroatoms. The Labute approximate surface area is 149 Å². The summed E-state index contributed by atoms with van der Waals surface area (Å²) < 4.78 is 37.0. The van der Waals surface area contributed by atoms with Gasteiger partial charge in [-0.3, -0.25) is 0 Å². The van der Waals surface area contributed by atoms with Gasteiger partial charge >= 0.3 is 12.1 Å². The van der Waals surface area contributed by atoms with Crippen molar-refractivity contribution in [2.45, 2.75) is 6.18 Å². The second-order valence-electron chi connectivity index (χ2n) is 4.67. The number of aromatic nitrogens is 3. The quantitative estimate of drug-likeness (QED) is 0.606. The molecule has 3 rings (SSSR count). The molecule has 9 nitrogen and oxygen atoms in total. The molecule has 0 saturated carbocycles. The van der Waals surface area contributed by atoms with E-state index in [1.807, 2.05) is 0 Å². The molecule has 6 N–H and O–H groups in total. The first kappa shape index (κ1) is 21.2. The van der Waals surface area contributed by atoms with Gasteiger partial charge in [0.25, 0.3) is 0 Å². The lowest BCUT2D eigenvalue weighted by atomic mass is 10.1. The number of rotatable bonds is 2. The Morgan fingerprint density at radius 2 is 2.07 bits per heavy atom. The zero-order valence-corrected chi connectivity index (χ0v) is 13.3. The van der Waals surface area contributed by atoms with Crippen LogP contribution in [0.15, 0.2) is 41.4 Å². The van der Waals surface area contributed by atoms with Crippen LogP contribution in [-0.4, -0.2) is 37.7 Å².